The Morgan fingerprint density at radius 2 is 2.15 bits per heavy atom. The van der Waals surface area contributed by atoms with Crippen LogP contribution in [0.25, 0.3) is 0 Å². The molecule has 0 aromatic carbocycles. The Labute approximate surface area is 72.4 Å². The number of rotatable bonds is 2. The molecule has 0 saturated carbocycles. The highest BCUT2D eigenvalue weighted by Gasteiger charge is 2.15. The van der Waals surface area contributed by atoms with Crippen LogP contribution in [0.3, 0.4) is 0 Å². The average Bonchev–Trinajstić information content (AvgIpc) is 2.03. The summed E-state index contributed by atoms with van der Waals surface area (Å²) < 4.78 is 24.2. The van der Waals surface area contributed by atoms with E-state index in [4.69, 9.17) is 0 Å². The second kappa shape index (κ2) is 3.42. The summed E-state index contributed by atoms with van der Waals surface area (Å²) in [6.45, 7) is 1.43. The van der Waals surface area contributed by atoms with Crippen molar-refractivity contribution < 1.29 is 13.7 Å². The van der Waals surface area contributed by atoms with E-state index in [9.17, 15) is 18.9 Å². The summed E-state index contributed by atoms with van der Waals surface area (Å²) in [5.74, 6) is 0. The summed E-state index contributed by atoms with van der Waals surface area (Å²) >= 11 is 0. The SMILES string of the molecule is Cc1cc([N+](=O)[O-])cc(C(F)F)n1. The lowest BCUT2D eigenvalue weighted by Crippen LogP contribution is -1.96. The first-order chi connectivity index (χ1) is 6.00. The lowest BCUT2D eigenvalue weighted by atomic mass is 10.3. The Bertz CT molecular complexity index is 341. The summed E-state index contributed by atoms with van der Waals surface area (Å²) in [5, 5.41) is 10.3. The van der Waals surface area contributed by atoms with Gasteiger partial charge in [0.15, 0.2) is 0 Å². The molecule has 1 aromatic heterocycles. The Kier molecular flexibility index (Phi) is 2.50. The number of alkyl halides is 2. The molecule has 1 aromatic rings. The molecule has 0 saturated heterocycles. The summed E-state index contributed by atoms with van der Waals surface area (Å²) in [5.41, 5.74) is -0.709. The molecule has 1 heterocycles. The van der Waals surface area contributed by atoms with Crippen molar-refractivity contribution in [2.45, 2.75) is 13.3 Å². The van der Waals surface area contributed by atoms with Gasteiger partial charge in [0.2, 0.25) is 0 Å². The summed E-state index contributed by atoms with van der Waals surface area (Å²) in [7, 11) is 0. The molecule has 0 aliphatic rings. The maximum absolute atomic E-state index is 12.1. The first kappa shape index (κ1) is 9.50. The fourth-order valence-electron chi connectivity index (χ4n) is 0.893. The largest absolute Gasteiger partial charge is 0.280 e. The monoisotopic (exact) mass is 188 g/mol. The van der Waals surface area contributed by atoms with Gasteiger partial charge in [-0.1, -0.05) is 0 Å². The normalized spacial score (nSPS) is 10.5. The Balaban J connectivity index is 3.19. The number of hydrogen-bond acceptors (Lipinski definition) is 3. The van der Waals surface area contributed by atoms with E-state index in [1.54, 1.807) is 0 Å². The van der Waals surface area contributed by atoms with Crippen LogP contribution >= 0.6 is 0 Å². The van der Waals surface area contributed by atoms with E-state index in [0.717, 1.165) is 12.1 Å². The summed E-state index contributed by atoms with van der Waals surface area (Å²) in [4.78, 5) is 13.0. The topological polar surface area (TPSA) is 56.0 Å². The second-order valence-electron chi connectivity index (χ2n) is 2.45. The fraction of sp³-hybridized carbons (Fsp3) is 0.286. The summed E-state index contributed by atoms with van der Waals surface area (Å²) in [6.07, 6.45) is -2.78. The summed E-state index contributed by atoms with van der Waals surface area (Å²) in [6, 6.07) is 1.92. The molecule has 4 nitrogen and oxygen atoms in total. The van der Waals surface area contributed by atoms with Gasteiger partial charge in [0.25, 0.3) is 12.1 Å². The highest BCUT2D eigenvalue weighted by molar-refractivity contribution is 5.33. The van der Waals surface area contributed by atoms with Crippen molar-refractivity contribution >= 4 is 5.69 Å². The first-order valence-electron chi connectivity index (χ1n) is 3.42. The highest BCUT2D eigenvalue weighted by Crippen LogP contribution is 2.21. The van der Waals surface area contributed by atoms with Crippen LogP contribution in [0.4, 0.5) is 14.5 Å². The number of halogens is 2. The first-order valence-corrected chi connectivity index (χ1v) is 3.42. The molecular formula is C7H6F2N2O2. The van der Waals surface area contributed by atoms with Crippen molar-refractivity contribution in [3.63, 3.8) is 0 Å². The molecule has 0 aliphatic heterocycles. The number of nitro groups is 1. The van der Waals surface area contributed by atoms with Crippen LogP contribution in [-0.2, 0) is 0 Å². The minimum Gasteiger partial charge on any atom is -0.258 e. The fourth-order valence-corrected chi connectivity index (χ4v) is 0.893. The number of aryl methyl sites for hydroxylation is 1. The second-order valence-corrected chi connectivity index (χ2v) is 2.45. The van der Waals surface area contributed by atoms with Crippen LogP contribution in [-0.4, -0.2) is 9.91 Å². The van der Waals surface area contributed by atoms with E-state index < -0.39 is 17.0 Å². The molecule has 0 radical (unpaired) electrons. The minimum absolute atomic E-state index is 0.213. The molecule has 1 rings (SSSR count). The van der Waals surface area contributed by atoms with Gasteiger partial charge in [-0.25, -0.2) is 8.78 Å². The zero-order valence-corrected chi connectivity index (χ0v) is 6.70. The molecule has 0 unspecified atom stereocenters. The molecule has 6 heteroatoms. The van der Waals surface area contributed by atoms with Crippen LogP contribution in [0.2, 0.25) is 0 Å². The molecular weight excluding hydrogens is 182 g/mol. The van der Waals surface area contributed by atoms with Gasteiger partial charge in [-0.15, -0.1) is 0 Å². The zero-order chi connectivity index (χ0) is 10.0. The van der Waals surface area contributed by atoms with Gasteiger partial charge in [-0.2, -0.15) is 0 Å². The van der Waals surface area contributed by atoms with Crippen molar-refractivity contribution in [3.05, 3.63) is 33.6 Å². The van der Waals surface area contributed by atoms with Gasteiger partial charge < -0.3 is 0 Å². The molecule has 70 valence electrons. The number of hydrogen-bond donors (Lipinski definition) is 0. The highest BCUT2D eigenvalue weighted by atomic mass is 19.3. The van der Waals surface area contributed by atoms with E-state index in [1.165, 1.54) is 6.92 Å². The molecule has 0 bridgehead atoms. The molecule has 0 atom stereocenters. The van der Waals surface area contributed by atoms with Crippen molar-refractivity contribution in [1.82, 2.24) is 4.98 Å². The number of pyridine rings is 1. The quantitative estimate of drug-likeness (QED) is 0.528. The van der Waals surface area contributed by atoms with E-state index in [-0.39, 0.29) is 11.4 Å². The van der Waals surface area contributed by atoms with Gasteiger partial charge in [0, 0.05) is 17.8 Å². The standard InChI is InChI=1S/C7H6F2N2O2/c1-4-2-5(11(12)13)3-6(10-4)7(8)9/h2-3,7H,1H3. The number of aromatic nitrogens is 1. The van der Waals surface area contributed by atoms with E-state index in [0.29, 0.717) is 0 Å². The third-order valence-corrected chi connectivity index (χ3v) is 1.39. The lowest BCUT2D eigenvalue weighted by molar-refractivity contribution is -0.385. The smallest absolute Gasteiger partial charge is 0.258 e. The van der Waals surface area contributed by atoms with Crippen molar-refractivity contribution in [3.8, 4) is 0 Å². The maximum Gasteiger partial charge on any atom is 0.280 e. The van der Waals surface area contributed by atoms with Crippen LogP contribution in [0, 0.1) is 17.0 Å². The lowest BCUT2D eigenvalue weighted by Gasteiger charge is -1.99. The third-order valence-electron chi connectivity index (χ3n) is 1.39. The van der Waals surface area contributed by atoms with Gasteiger partial charge in [0.1, 0.15) is 5.69 Å². The molecule has 0 fully saturated rings. The predicted octanol–water partition coefficient (Wildman–Crippen LogP) is 2.24. The van der Waals surface area contributed by atoms with E-state index in [2.05, 4.69) is 4.98 Å². The van der Waals surface area contributed by atoms with E-state index in [1.807, 2.05) is 0 Å². The third kappa shape index (κ3) is 2.17. The van der Waals surface area contributed by atoms with Gasteiger partial charge >= 0.3 is 0 Å². The number of nitrogens with zero attached hydrogens (tertiary/aromatic N) is 2. The minimum atomic E-state index is -2.78. The predicted molar refractivity (Wildman–Crippen MR) is 40.6 cm³/mol. The Morgan fingerprint density at radius 3 is 2.62 bits per heavy atom. The van der Waals surface area contributed by atoms with Crippen LogP contribution in [0.1, 0.15) is 17.8 Å². The molecule has 13 heavy (non-hydrogen) atoms. The van der Waals surface area contributed by atoms with Crippen molar-refractivity contribution in [1.29, 1.82) is 0 Å². The Hall–Kier alpha value is -1.59. The van der Waals surface area contributed by atoms with Crippen LogP contribution < -0.4 is 0 Å². The van der Waals surface area contributed by atoms with Gasteiger partial charge in [-0.05, 0) is 6.92 Å². The van der Waals surface area contributed by atoms with Crippen LogP contribution in [0.5, 0.6) is 0 Å². The van der Waals surface area contributed by atoms with Gasteiger partial charge in [0.05, 0.1) is 4.92 Å². The maximum atomic E-state index is 12.1. The molecule has 0 amide bonds. The zero-order valence-electron chi connectivity index (χ0n) is 6.70. The molecule has 0 N–H and O–H groups in total. The van der Waals surface area contributed by atoms with E-state index >= 15 is 0 Å². The molecule has 0 spiro atoms. The van der Waals surface area contributed by atoms with Crippen molar-refractivity contribution in [2.24, 2.45) is 0 Å². The van der Waals surface area contributed by atoms with Crippen molar-refractivity contribution in [2.75, 3.05) is 0 Å². The van der Waals surface area contributed by atoms with Gasteiger partial charge in [-0.3, -0.25) is 15.1 Å². The molecule has 0 aliphatic carbocycles. The van der Waals surface area contributed by atoms with Crippen LogP contribution in [0.15, 0.2) is 12.1 Å². The Morgan fingerprint density at radius 1 is 1.54 bits per heavy atom. The average molecular weight is 188 g/mol.